The molecule has 0 aliphatic carbocycles. The van der Waals surface area contributed by atoms with Gasteiger partial charge in [-0.3, -0.25) is 0 Å². The highest BCUT2D eigenvalue weighted by atomic mass is 127. The number of rotatable bonds is 8. The molecule has 148 valence electrons. The number of carboxylic acid groups (broad SMARTS) is 1. The summed E-state index contributed by atoms with van der Waals surface area (Å²) in [6, 6.07) is 24.4. The summed E-state index contributed by atoms with van der Waals surface area (Å²) in [6.45, 7) is -0.334. The second kappa shape index (κ2) is 10.8. The number of aliphatic carboxylic acids is 1. The number of carbonyl (C=O) groups is 1. The van der Waals surface area contributed by atoms with E-state index in [9.17, 15) is 4.79 Å². The lowest BCUT2D eigenvalue weighted by atomic mass is 9.98. The van der Waals surface area contributed by atoms with Crippen molar-refractivity contribution in [2.24, 2.45) is 0 Å². The molecule has 0 aliphatic rings. The molecule has 0 aromatic heterocycles. The first-order valence-corrected chi connectivity index (χ1v) is 11.7. The predicted molar refractivity (Wildman–Crippen MR) is 131 cm³/mol. The van der Waals surface area contributed by atoms with Crippen molar-refractivity contribution in [2.75, 3.05) is 12.4 Å². The lowest BCUT2D eigenvalue weighted by Crippen LogP contribution is -2.09. The van der Waals surface area contributed by atoms with E-state index in [4.69, 9.17) is 9.84 Å². The third-order valence-electron chi connectivity index (χ3n) is 4.03. The monoisotopic (exact) mass is 580 g/mol. The summed E-state index contributed by atoms with van der Waals surface area (Å²) < 4.78 is 7.34. The Morgan fingerprint density at radius 2 is 1.72 bits per heavy atom. The van der Waals surface area contributed by atoms with E-state index in [2.05, 4.69) is 81.0 Å². The minimum absolute atomic E-state index is 0.334. The van der Waals surface area contributed by atoms with Crippen molar-refractivity contribution in [3.8, 4) is 5.75 Å². The quantitative estimate of drug-likeness (QED) is 0.237. The van der Waals surface area contributed by atoms with Crippen LogP contribution in [0.1, 0.15) is 11.1 Å². The third kappa shape index (κ3) is 6.62. The number of hydrogen-bond donors (Lipinski definition) is 1. The molecule has 3 aromatic carbocycles. The molecule has 0 radical (unpaired) electrons. The topological polar surface area (TPSA) is 46.5 Å². The number of halogens is 2. The van der Waals surface area contributed by atoms with Crippen LogP contribution in [0, 0.1) is 3.57 Å². The van der Waals surface area contributed by atoms with Crippen LogP contribution in [0.15, 0.2) is 88.2 Å². The van der Waals surface area contributed by atoms with Crippen molar-refractivity contribution in [3.63, 3.8) is 0 Å². The maximum Gasteiger partial charge on any atom is 0.341 e. The molecule has 3 nitrogen and oxygen atoms in total. The van der Waals surface area contributed by atoms with Gasteiger partial charge in [0.25, 0.3) is 0 Å². The molecular formula is C23H18BrIO3S. The molecule has 0 atom stereocenters. The fraction of sp³-hybridized carbons (Fsp3) is 0.0870. The number of hydrogen-bond acceptors (Lipinski definition) is 3. The number of benzene rings is 3. The summed E-state index contributed by atoms with van der Waals surface area (Å²) in [7, 11) is 0. The molecule has 0 unspecified atom stereocenters. The van der Waals surface area contributed by atoms with Crippen LogP contribution < -0.4 is 4.74 Å². The van der Waals surface area contributed by atoms with Crippen LogP contribution in [0.2, 0.25) is 0 Å². The molecule has 3 aromatic rings. The normalized spacial score (nSPS) is 11.3. The Morgan fingerprint density at radius 1 is 1.03 bits per heavy atom. The van der Waals surface area contributed by atoms with E-state index in [1.54, 1.807) is 11.8 Å². The van der Waals surface area contributed by atoms with Crippen molar-refractivity contribution >= 4 is 61.8 Å². The molecule has 6 heteroatoms. The van der Waals surface area contributed by atoms with Crippen molar-refractivity contribution in [1.29, 1.82) is 0 Å². The molecule has 1 N–H and O–H groups in total. The first kappa shape index (κ1) is 21.9. The van der Waals surface area contributed by atoms with E-state index in [1.807, 2.05) is 36.4 Å². The highest BCUT2D eigenvalue weighted by molar-refractivity contribution is 14.1. The number of thioether (sulfide) groups is 1. The van der Waals surface area contributed by atoms with Crippen LogP contribution in [0.5, 0.6) is 5.75 Å². The molecule has 29 heavy (non-hydrogen) atoms. The van der Waals surface area contributed by atoms with Gasteiger partial charge in [-0.25, -0.2) is 4.79 Å². The summed E-state index contributed by atoms with van der Waals surface area (Å²) in [5.74, 6) is 0.396. The highest BCUT2D eigenvalue weighted by Gasteiger charge is 2.07. The fourth-order valence-electron chi connectivity index (χ4n) is 2.70. The number of ether oxygens (including phenoxy) is 1. The number of carboxylic acids is 1. The average molecular weight is 581 g/mol. The van der Waals surface area contributed by atoms with Gasteiger partial charge in [-0.05, 0) is 69.6 Å². The van der Waals surface area contributed by atoms with E-state index < -0.39 is 5.97 Å². The Kier molecular flexibility index (Phi) is 8.20. The molecule has 0 aliphatic heterocycles. The van der Waals surface area contributed by atoms with E-state index in [-0.39, 0.29) is 6.61 Å². The second-order valence-corrected chi connectivity index (χ2v) is 9.22. The van der Waals surface area contributed by atoms with Gasteiger partial charge in [-0.15, -0.1) is 11.8 Å². The molecule has 0 heterocycles. The smallest absolute Gasteiger partial charge is 0.341 e. The van der Waals surface area contributed by atoms with Gasteiger partial charge in [0.05, 0.1) is 0 Å². The van der Waals surface area contributed by atoms with Crippen molar-refractivity contribution in [3.05, 3.63) is 98.0 Å². The van der Waals surface area contributed by atoms with Gasteiger partial charge in [-0.1, -0.05) is 64.5 Å². The SMILES string of the molecule is O=C(O)COc1ccc(SC/C=C(/c2ccccc2)c2ccc(Br)cc2)c(I)c1. The molecule has 0 saturated heterocycles. The van der Waals surface area contributed by atoms with Gasteiger partial charge in [0.15, 0.2) is 6.61 Å². The highest BCUT2D eigenvalue weighted by Crippen LogP contribution is 2.30. The first-order chi connectivity index (χ1) is 14.0. The van der Waals surface area contributed by atoms with Gasteiger partial charge in [-0.2, -0.15) is 0 Å². The van der Waals surface area contributed by atoms with E-state index in [0.717, 1.165) is 18.7 Å². The van der Waals surface area contributed by atoms with Gasteiger partial charge >= 0.3 is 5.97 Å². The lowest BCUT2D eigenvalue weighted by molar-refractivity contribution is -0.139. The fourth-order valence-corrected chi connectivity index (χ4v) is 4.71. The van der Waals surface area contributed by atoms with Gasteiger partial charge < -0.3 is 9.84 Å². The zero-order chi connectivity index (χ0) is 20.6. The Bertz CT molecular complexity index is 1000. The molecule has 3 rings (SSSR count). The molecule has 0 saturated carbocycles. The largest absolute Gasteiger partial charge is 0.482 e. The van der Waals surface area contributed by atoms with Crippen molar-refractivity contribution in [1.82, 2.24) is 0 Å². The molecule has 0 amide bonds. The van der Waals surface area contributed by atoms with Crippen LogP contribution in [0.3, 0.4) is 0 Å². The zero-order valence-electron chi connectivity index (χ0n) is 15.3. The van der Waals surface area contributed by atoms with Crippen molar-refractivity contribution < 1.29 is 14.6 Å². The van der Waals surface area contributed by atoms with E-state index >= 15 is 0 Å². The van der Waals surface area contributed by atoms with Gasteiger partial charge in [0.2, 0.25) is 0 Å². The van der Waals surface area contributed by atoms with Gasteiger partial charge in [0, 0.05) is 18.7 Å². The summed E-state index contributed by atoms with van der Waals surface area (Å²) >= 11 is 7.49. The third-order valence-corrected chi connectivity index (χ3v) is 6.82. The Labute approximate surface area is 196 Å². The Hall–Kier alpha value is -1.77. The van der Waals surface area contributed by atoms with Gasteiger partial charge in [0.1, 0.15) is 5.75 Å². The summed E-state index contributed by atoms with van der Waals surface area (Å²) in [6.07, 6.45) is 2.24. The Morgan fingerprint density at radius 3 is 2.38 bits per heavy atom. The first-order valence-electron chi connectivity index (χ1n) is 8.81. The van der Waals surface area contributed by atoms with Crippen LogP contribution in [-0.2, 0) is 4.79 Å². The summed E-state index contributed by atoms with van der Waals surface area (Å²) in [5.41, 5.74) is 3.55. The Balaban J connectivity index is 1.76. The summed E-state index contributed by atoms with van der Waals surface area (Å²) in [4.78, 5) is 11.8. The molecule has 0 spiro atoms. The lowest BCUT2D eigenvalue weighted by Gasteiger charge is -2.10. The molecule has 0 bridgehead atoms. The minimum atomic E-state index is -0.982. The standard InChI is InChI=1S/C23H18BrIO3S/c24-18-8-6-17(7-9-18)20(16-4-2-1-3-5-16)12-13-29-22-11-10-19(14-21(22)25)28-15-23(26)27/h1-12,14H,13,15H2,(H,26,27)/b20-12-. The van der Waals surface area contributed by atoms with Crippen LogP contribution >= 0.6 is 50.3 Å². The van der Waals surface area contributed by atoms with E-state index in [1.165, 1.54) is 16.7 Å². The summed E-state index contributed by atoms with van der Waals surface area (Å²) in [5, 5.41) is 8.73. The second-order valence-electron chi connectivity index (χ2n) is 6.08. The zero-order valence-corrected chi connectivity index (χ0v) is 19.9. The maximum atomic E-state index is 10.6. The predicted octanol–water partition coefficient (Wildman–Crippen LogP) is 6.74. The molecular weight excluding hydrogens is 563 g/mol. The van der Waals surface area contributed by atoms with Crippen molar-refractivity contribution in [2.45, 2.75) is 4.90 Å². The van der Waals surface area contributed by atoms with Crippen LogP contribution in [-0.4, -0.2) is 23.4 Å². The van der Waals surface area contributed by atoms with Crippen LogP contribution in [0.4, 0.5) is 0 Å². The van der Waals surface area contributed by atoms with E-state index in [0.29, 0.717) is 5.75 Å². The minimum Gasteiger partial charge on any atom is -0.482 e. The maximum absolute atomic E-state index is 10.6. The van der Waals surface area contributed by atoms with Crippen LogP contribution in [0.25, 0.3) is 5.57 Å². The average Bonchev–Trinajstić information content (AvgIpc) is 2.72. The molecule has 0 fully saturated rings.